The Bertz CT molecular complexity index is 780. The van der Waals surface area contributed by atoms with Crippen LogP contribution in [0.15, 0.2) is 36.5 Å². The van der Waals surface area contributed by atoms with Crippen molar-refractivity contribution in [2.75, 3.05) is 0 Å². The van der Waals surface area contributed by atoms with Gasteiger partial charge in [0.05, 0.1) is 5.69 Å². The number of fused-ring (bicyclic) bond motifs is 1. The van der Waals surface area contributed by atoms with Crippen molar-refractivity contribution in [2.45, 2.75) is 71.4 Å². The van der Waals surface area contributed by atoms with E-state index >= 15 is 0 Å². The molecule has 0 amide bonds. The number of aromatic nitrogens is 1. The number of nitrogens with zero attached hydrogens (tertiary/aromatic N) is 1. The third-order valence-corrected chi connectivity index (χ3v) is 5.68. The van der Waals surface area contributed by atoms with Crippen LogP contribution in [0.25, 0.3) is 0 Å². The maximum Gasteiger partial charge on any atom is 0.161 e. The van der Waals surface area contributed by atoms with Gasteiger partial charge in [0.1, 0.15) is 0 Å². The van der Waals surface area contributed by atoms with Crippen molar-refractivity contribution in [3.8, 4) is 0 Å². The SMILES string of the molecule is CC(=O)c1cccnc1C(C)P.CC[C@H]1CC(C)(C)c2cccc(C)c21. The lowest BCUT2D eigenvalue weighted by molar-refractivity contribution is 0.101. The molecule has 26 heavy (non-hydrogen) atoms. The lowest BCUT2D eigenvalue weighted by atomic mass is 9.86. The van der Waals surface area contributed by atoms with Crippen LogP contribution in [-0.4, -0.2) is 10.8 Å². The van der Waals surface area contributed by atoms with Crippen LogP contribution in [0.1, 0.15) is 91.8 Å². The van der Waals surface area contributed by atoms with E-state index in [-0.39, 0.29) is 11.4 Å². The molecule has 1 aliphatic carbocycles. The predicted octanol–water partition coefficient (Wildman–Crippen LogP) is 6.39. The van der Waals surface area contributed by atoms with Crippen molar-refractivity contribution in [2.24, 2.45) is 0 Å². The summed E-state index contributed by atoms with van der Waals surface area (Å²) in [5, 5.41) is 0. The highest BCUT2D eigenvalue weighted by atomic mass is 31.0. The van der Waals surface area contributed by atoms with E-state index in [2.05, 4.69) is 60.1 Å². The normalized spacial score (nSPS) is 18.5. The standard InChI is InChI=1S/C14H20.C9H12NOP/c1-5-11-9-14(3,4)12-8-6-7-10(2)13(11)12;1-6(11)8-4-3-5-10-9(8)7(2)12/h6-8,11H,5,9H2,1-4H3;3-5,7H,12H2,1-2H3/t11-;/m0./s1. The van der Waals surface area contributed by atoms with Gasteiger partial charge < -0.3 is 0 Å². The van der Waals surface area contributed by atoms with Gasteiger partial charge in [0.2, 0.25) is 0 Å². The summed E-state index contributed by atoms with van der Waals surface area (Å²) >= 11 is 0. The number of Topliss-reactive ketones (excluding diaryl/α,β-unsaturated/α-hetero) is 1. The quantitative estimate of drug-likeness (QED) is 0.463. The number of aryl methyl sites for hydroxylation is 1. The van der Waals surface area contributed by atoms with Gasteiger partial charge in [-0.2, -0.15) is 0 Å². The molecular weight excluding hydrogens is 337 g/mol. The molecule has 3 atom stereocenters. The highest BCUT2D eigenvalue weighted by molar-refractivity contribution is 7.17. The number of carbonyl (C=O) groups is 1. The number of pyridine rings is 1. The topological polar surface area (TPSA) is 30.0 Å². The van der Waals surface area contributed by atoms with Gasteiger partial charge in [0.25, 0.3) is 0 Å². The second-order valence-electron chi connectivity index (χ2n) is 8.01. The average Bonchev–Trinajstić information content (AvgIpc) is 2.87. The summed E-state index contributed by atoms with van der Waals surface area (Å²) in [7, 11) is 2.64. The summed E-state index contributed by atoms with van der Waals surface area (Å²) in [6.07, 6.45) is 4.31. The Balaban J connectivity index is 0.000000190. The molecule has 2 nitrogen and oxygen atoms in total. The molecule has 0 spiro atoms. The van der Waals surface area contributed by atoms with Gasteiger partial charge in [0.15, 0.2) is 5.78 Å². The van der Waals surface area contributed by atoms with Gasteiger partial charge in [-0.1, -0.05) is 45.9 Å². The molecule has 1 aromatic heterocycles. The van der Waals surface area contributed by atoms with Crippen molar-refractivity contribution in [1.82, 2.24) is 4.98 Å². The molecule has 2 unspecified atom stereocenters. The van der Waals surface area contributed by atoms with E-state index in [4.69, 9.17) is 0 Å². The van der Waals surface area contributed by atoms with Crippen molar-refractivity contribution in [1.29, 1.82) is 0 Å². The van der Waals surface area contributed by atoms with Crippen LogP contribution in [0, 0.1) is 6.92 Å². The number of hydrogen-bond donors (Lipinski definition) is 0. The van der Waals surface area contributed by atoms with E-state index < -0.39 is 0 Å². The molecule has 0 N–H and O–H groups in total. The lowest BCUT2D eigenvalue weighted by Gasteiger charge is -2.19. The molecule has 0 aliphatic heterocycles. The first-order chi connectivity index (χ1) is 12.2. The maximum absolute atomic E-state index is 11.1. The molecule has 1 aliphatic rings. The zero-order valence-corrected chi connectivity index (χ0v) is 18.1. The number of carbonyl (C=O) groups excluding carboxylic acids is 1. The summed E-state index contributed by atoms with van der Waals surface area (Å²) in [5.74, 6) is 0.869. The van der Waals surface area contributed by atoms with E-state index in [1.807, 2.05) is 13.0 Å². The fourth-order valence-electron chi connectivity index (χ4n) is 4.07. The zero-order chi connectivity index (χ0) is 19.5. The first-order valence-electron chi connectivity index (χ1n) is 9.50. The third-order valence-electron chi connectivity index (χ3n) is 5.36. The molecule has 0 saturated carbocycles. The highest BCUT2D eigenvalue weighted by Gasteiger charge is 2.36. The monoisotopic (exact) mass is 369 g/mol. The van der Waals surface area contributed by atoms with Gasteiger partial charge in [-0.15, -0.1) is 9.24 Å². The minimum atomic E-state index is 0.0763. The van der Waals surface area contributed by atoms with Crippen LogP contribution in [0.5, 0.6) is 0 Å². The summed E-state index contributed by atoms with van der Waals surface area (Å²) in [6, 6.07) is 10.4. The molecule has 3 heteroatoms. The molecule has 0 radical (unpaired) electrons. The number of benzene rings is 1. The lowest BCUT2D eigenvalue weighted by Crippen LogP contribution is -2.12. The van der Waals surface area contributed by atoms with Gasteiger partial charge in [-0.05, 0) is 66.8 Å². The van der Waals surface area contributed by atoms with Gasteiger partial charge >= 0.3 is 0 Å². The molecule has 1 heterocycles. The second-order valence-corrected chi connectivity index (χ2v) is 9.01. The Kier molecular flexibility index (Phi) is 6.74. The Hall–Kier alpha value is -1.53. The van der Waals surface area contributed by atoms with Crippen LogP contribution in [0.2, 0.25) is 0 Å². The molecular formula is C23H32NOP. The van der Waals surface area contributed by atoms with Crippen LogP contribution < -0.4 is 0 Å². The molecule has 2 aromatic rings. The first kappa shape index (κ1) is 20.8. The molecule has 140 valence electrons. The van der Waals surface area contributed by atoms with Crippen LogP contribution in [0.4, 0.5) is 0 Å². The van der Waals surface area contributed by atoms with Crippen molar-refractivity contribution in [3.05, 3.63) is 64.5 Å². The van der Waals surface area contributed by atoms with Crippen molar-refractivity contribution >= 4 is 15.0 Å². The maximum atomic E-state index is 11.1. The number of hydrogen-bond acceptors (Lipinski definition) is 2. The largest absolute Gasteiger partial charge is 0.294 e. The molecule has 0 bridgehead atoms. The molecule has 3 rings (SSSR count). The fraction of sp³-hybridized carbons (Fsp3) is 0.478. The fourth-order valence-corrected chi connectivity index (χ4v) is 4.33. The van der Waals surface area contributed by atoms with Crippen molar-refractivity contribution in [3.63, 3.8) is 0 Å². The van der Waals surface area contributed by atoms with Gasteiger partial charge in [0, 0.05) is 17.4 Å². The first-order valence-corrected chi connectivity index (χ1v) is 10.2. The summed E-state index contributed by atoms with van der Waals surface area (Å²) in [6.45, 7) is 12.9. The van der Waals surface area contributed by atoms with Gasteiger partial charge in [-0.3, -0.25) is 9.78 Å². The summed E-state index contributed by atoms with van der Waals surface area (Å²) in [5.41, 5.74) is 6.91. The van der Waals surface area contributed by atoms with E-state index in [1.54, 1.807) is 30.3 Å². The molecule has 1 aromatic carbocycles. The van der Waals surface area contributed by atoms with Crippen LogP contribution in [-0.2, 0) is 5.41 Å². The van der Waals surface area contributed by atoms with Crippen LogP contribution >= 0.6 is 9.24 Å². The predicted molar refractivity (Wildman–Crippen MR) is 114 cm³/mol. The minimum Gasteiger partial charge on any atom is -0.294 e. The number of ketones is 1. The zero-order valence-electron chi connectivity index (χ0n) is 17.0. The Morgan fingerprint density at radius 3 is 2.54 bits per heavy atom. The smallest absolute Gasteiger partial charge is 0.161 e. The van der Waals surface area contributed by atoms with E-state index in [9.17, 15) is 4.79 Å². The number of rotatable bonds is 3. The Morgan fingerprint density at radius 2 is 2.00 bits per heavy atom. The molecule has 0 saturated heterocycles. The second kappa shape index (κ2) is 8.44. The highest BCUT2D eigenvalue weighted by Crippen LogP contribution is 2.48. The van der Waals surface area contributed by atoms with E-state index in [0.29, 0.717) is 5.41 Å². The van der Waals surface area contributed by atoms with Crippen molar-refractivity contribution < 1.29 is 4.79 Å². The molecule has 0 fully saturated rings. The van der Waals surface area contributed by atoms with Crippen LogP contribution in [0.3, 0.4) is 0 Å². The average molecular weight is 369 g/mol. The summed E-state index contributed by atoms with van der Waals surface area (Å²) < 4.78 is 0. The van der Waals surface area contributed by atoms with Gasteiger partial charge in [-0.25, -0.2) is 0 Å². The minimum absolute atomic E-state index is 0.0763. The Labute approximate surface area is 161 Å². The van der Waals surface area contributed by atoms with E-state index in [1.165, 1.54) is 18.4 Å². The summed E-state index contributed by atoms with van der Waals surface area (Å²) in [4.78, 5) is 15.3. The van der Waals surface area contributed by atoms with E-state index in [0.717, 1.165) is 17.2 Å². The Morgan fingerprint density at radius 1 is 1.31 bits per heavy atom. The third kappa shape index (κ3) is 4.41.